The lowest BCUT2D eigenvalue weighted by Crippen LogP contribution is -2.45. The Kier molecular flexibility index (Phi) is 4.47. The minimum Gasteiger partial charge on any atom is -0.373 e. The molecule has 1 aromatic rings. The molecular weight excluding hydrogens is 244 g/mol. The summed E-state index contributed by atoms with van der Waals surface area (Å²) in [5, 5.41) is 0. The van der Waals surface area contributed by atoms with Crippen LogP contribution in [-0.2, 0) is 11.3 Å². The summed E-state index contributed by atoms with van der Waals surface area (Å²) < 4.78 is 5.69. The zero-order valence-corrected chi connectivity index (χ0v) is 11.3. The van der Waals surface area contributed by atoms with E-state index in [1.165, 1.54) is 0 Å². The van der Waals surface area contributed by atoms with Gasteiger partial charge in [0.25, 0.3) is 5.91 Å². The summed E-state index contributed by atoms with van der Waals surface area (Å²) in [5.41, 5.74) is 3.30. The van der Waals surface area contributed by atoms with Gasteiger partial charge in [-0.3, -0.25) is 15.1 Å². The average Bonchev–Trinajstić information content (AvgIpc) is 2.37. The lowest BCUT2D eigenvalue weighted by atomic mass is 10.2. The van der Waals surface area contributed by atoms with Crippen molar-refractivity contribution in [2.24, 2.45) is 5.84 Å². The van der Waals surface area contributed by atoms with E-state index in [9.17, 15) is 4.79 Å². The van der Waals surface area contributed by atoms with Gasteiger partial charge in [0.15, 0.2) is 0 Å². The zero-order chi connectivity index (χ0) is 13.8. The fourth-order valence-electron chi connectivity index (χ4n) is 2.41. The third-order valence-electron chi connectivity index (χ3n) is 3.05. The second kappa shape index (κ2) is 6.10. The molecule has 3 N–H and O–H groups in total. The van der Waals surface area contributed by atoms with Crippen LogP contribution >= 0.6 is 0 Å². The van der Waals surface area contributed by atoms with E-state index in [1.807, 2.05) is 12.1 Å². The van der Waals surface area contributed by atoms with E-state index in [2.05, 4.69) is 29.2 Å². The second-order valence-corrected chi connectivity index (χ2v) is 4.94. The van der Waals surface area contributed by atoms with Crippen molar-refractivity contribution in [1.29, 1.82) is 0 Å². The van der Waals surface area contributed by atoms with Crippen LogP contribution in [0, 0.1) is 0 Å². The van der Waals surface area contributed by atoms with Crippen LogP contribution in [0.3, 0.4) is 0 Å². The van der Waals surface area contributed by atoms with Crippen molar-refractivity contribution in [2.75, 3.05) is 13.1 Å². The number of hydrogen-bond acceptors (Lipinski definition) is 5. The summed E-state index contributed by atoms with van der Waals surface area (Å²) in [6, 6.07) is 5.38. The molecule has 2 heterocycles. The normalized spacial score (nSPS) is 24.2. The summed E-state index contributed by atoms with van der Waals surface area (Å²) in [5.74, 6) is 4.74. The third kappa shape index (κ3) is 3.73. The van der Waals surface area contributed by atoms with E-state index in [1.54, 1.807) is 6.07 Å². The number of carbonyl (C=O) groups excluding carboxylic acids is 1. The van der Waals surface area contributed by atoms with Crippen LogP contribution in [0.25, 0.3) is 0 Å². The van der Waals surface area contributed by atoms with Crippen molar-refractivity contribution in [3.63, 3.8) is 0 Å². The number of nitrogens with two attached hydrogens (primary N) is 1. The standard InChI is InChI=1S/C13H20N4O2/c1-9-6-17(7-10(2)19-9)8-11-4-3-5-12(15-11)13(18)16-14/h3-5,9-10H,6-8,14H2,1-2H3,(H,16,18). The van der Waals surface area contributed by atoms with Crippen LogP contribution in [0.4, 0.5) is 0 Å². The molecule has 19 heavy (non-hydrogen) atoms. The number of carbonyl (C=O) groups is 1. The smallest absolute Gasteiger partial charge is 0.283 e. The van der Waals surface area contributed by atoms with Crippen LogP contribution in [0.15, 0.2) is 18.2 Å². The number of hydrogen-bond donors (Lipinski definition) is 2. The van der Waals surface area contributed by atoms with E-state index < -0.39 is 0 Å². The Morgan fingerprint density at radius 2 is 2.16 bits per heavy atom. The highest BCUT2D eigenvalue weighted by Gasteiger charge is 2.22. The summed E-state index contributed by atoms with van der Waals surface area (Å²) in [7, 11) is 0. The fourth-order valence-corrected chi connectivity index (χ4v) is 2.41. The van der Waals surface area contributed by atoms with Crippen LogP contribution in [0.2, 0.25) is 0 Å². The Morgan fingerprint density at radius 3 is 2.79 bits per heavy atom. The molecule has 6 nitrogen and oxygen atoms in total. The summed E-state index contributed by atoms with van der Waals surface area (Å²) in [6.45, 7) is 6.59. The van der Waals surface area contributed by atoms with Gasteiger partial charge < -0.3 is 4.74 Å². The van der Waals surface area contributed by atoms with Crippen LogP contribution in [0.5, 0.6) is 0 Å². The molecule has 2 unspecified atom stereocenters. The summed E-state index contributed by atoms with van der Waals surface area (Å²) in [6.07, 6.45) is 0.443. The Labute approximate surface area is 112 Å². The van der Waals surface area contributed by atoms with Crippen molar-refractivity contribution >= 4 is 5.91 Å². The predicted octanol–water partition coefficient (Wildman–Crippen LogP) is 0.294. The number of nitrogen functional groups attached to an aromatic ring is 1. The van der Waals surface area contributed by atoms with Gasteiger partial charge in [-0.05, 0) is 26.0 Å². The largest absolute Gasteiger partial charge is 0.373 e. The molecule has 0 saturated carbocycles. The molecule has 0 radical (unpaired) electrons. The highest BCUT2D eigenvalue weighted by atomic mass is 16.5. The topological polar surface area (TPSA) is 80.5 Å². The molecule has 1 aliphatic rings. The maximum absolute atomic E-state index is 11.4. The van der Waals surface area contributed by atoms with E-state index >= 15 is 0 Å². The van der Waals surface area contributed by atoms with Gasteiger partial charge in [-0.1, -0.05) is 6.07 Å². The van der Waals surface area contributed by atoms with Gasteiger partial charge in [0.2, 0.25) is 0 Å². The van der Waals surface area contributed by atoms with Crippen LogP contribution in [-0.4, -0.2) is 41.1 Å². The SMILES string of the molecule is CC1CN(Cc2cccc(C(=O)NN)n2)CC(C)O1. The molecule has 6 heteroatoms. The molecule has 1 aliphatic heterocycles. The number of nitrogens with zero attached hydrogens (tertiary/aromatic N) is 2. The first-order chi connectivity index (χ1) is 9.08. The number of pyridine rings is 1. The van der Waals surface area contributed by atoms with E-state index in [0.29, 0.717) is 12.2 Å². The minimum absolute atomic E-state index is 0.222. The number of aromatic nitrogens is 1. The van der Waals surface area contributed by atoms with Crippen molar-refractivity contribution in [3.05, 3.63) is 29.6 Å². The molecule has 1 amide bonds. The monoisotopic (exact) mass is 264 g/mol. The number of nitrogens with one attached hydrogen (secondary N) is 1. The first-order valence-corrected chi connectivity index (χ1v) is 6.43. The van der Waals surface area contributed by atoms with E-state index in [0.717, 1.165) is 18.8 Å². The molecule has 2 rings (SSSR count). The molecule has 0 spiro atoms. The van der Waals surface area contributed by atoms with Gasteiger partial charge in [0.1, 0.15) is 5.69 Å². The predicted molar refractivity (Wildman–Crippen MR) is 71.2 cm³/mol. The van der Waals surface area contributed by atoms with Gasteiger partial charge in [-0.25, -0.2) is 10.8 Å². The lowest BCUT2D eigenvalue weighted by molar-refractivity contribution is -0.0707. The molecule has 1 aromatic heterocycles. The fraction of sp³-hybridized carbons (Fsp3) is 0.538. The minimum atomic E-state index is -0.370. The molecule has 0 aliphatic carbocycles. The average molecular weight is 264 g/mol. The zero-order valence-electron chi connectivity index (χ0n) is 11.3. The van der Waals surface area contributed by atoms with Gasteiger partial charge in [0.05, 0.1) is 17.9 Å². The van der Waals surface area contributed by atoms with Crippen molar-refractivity contribution in [3.8, 4) is 0 Å². The Bertz CT molecular complexity index is 442. The number of hydrazine groups is 1. The van der Waals surface area contributed by atoms with Crippen molar-refractivity contribution in [1.82, 2.24) is 15.3 Å². The molecule has 2 atom stereocenters. The highest BCUT2D eigenvalue weighted by molar-refractivity contribution is 5.91. The summed E-state index contributed by atoms with van der Waals surface area (Å²) in [4.78, 5) is 18.0. The summed E-state index contributed by atoms with van der Waals surface area (Å²) >= 11 is 0. The van der Waals surface area contributed by atoms with Crippen LogP contribution in [0.1, 0.15) is 30.0 Å². The Morgan fingerprint density at radius 1 is 1.47 bits per heavy atom. The van der Waals surface area contributed by atoms with E-state index in [-0.39, 0.29) is 18.1 Å². The molecule has 1 fully saturated rings. The Hall–Kier alpha value is -1.50. The Balaban J connectivity index is 2.04. The first kappa shape index (κ1) is 13.9. The van der Waals surface area contributed by atoms with Gasteiger partial charge in [-0.2, -0.15) is 0 Å². The number of amides is 1. The van der Waals surface area contributed by atoms with Crippen molar-refractivity contribution in [2.45, 2.75) is 32.6 Å². The molecule has 104 valence electrons. The quantitative estimate of drug-likeness (QED) is 0.466. The first-order valence-electron chi connectivity index (χ1n) is 6.43. The molecule has 0 bridgehead atoms. The molecular formula is C13H20N4O2. The van der Waals surface area contributed by atoms with Gasteiger partial charge >= 0.3 is 0 Å². The maximum Gasteiger partial charge on any atom is 0.283 e. The number of ether oxygens (including phenoxy) is 1. The second-order valence-electron chi connectivity index (χ2n) is 4.94. The maximum atomic E-state index is 11.4. The molecule has 1 saturated heterocycles. The lowest BCUT2D eigenvalue weighted by Gasteiger charge is -2.35. The van der Waals surface area contributed by atoms with Crippen LogP contribution < -0.4 is 11.3 Å². The highest BCUT2D eigenvalue weighted by Crippen LogP contribution is 2.13. The van der Waals surface area contributed by atoms with Crippen molar-refractivity contribution < 1.29 is 9.53 Å². The van der Waals surface area contributed by atoms with E-state index in [4.69, 9.17) is 10.6 Å². The number of morpholine rings is 1. The van der Waals surface area contributed by atoms with Gasteiger partial charge in [0, 0.05) is 19.6 Å². The number of rotatable bonds is 3. The molecule has 0 aromatic carbocycles. The van der Waals surface area contributed by atoms with Gasteiger partial charge in [-0.15, -0.1) is 0 Å². The third-order valence-corrected chi connectivity index (χ3v) is 3.05.